The van der Waals surface area contributed by atoms with Crippen LogP contribution in [0.2, 0.25) is 0 Å². The molecule has 0 unspecified atom stereocenters. The zero-order chi connectivity index (χ0) is 19.6. The molecule has 1 fully saturated rings. The van der Waals surface area contributed by atoms with Crippen LogP contribution in [0.4, 0.5) is 10.1 Å². The number of hydrogen-bond acceptors (Lipinski definition) is 4. The highest BCUT2D eigenvalue weighted by molar-refractivity contribution is 7.89. The van der Waals surface area contributed by atoms with Gasteiger partial charge in [-0.3, -0.25) is 4.79 Å². The zero-order valence-electron chi connectivity index (χ0n) is 15.2. The number of ether oxygens (including phenoxy) is 1. The predicted molar refractivity (Wildman–Crippen MR) is 99.8 cm³/mol. The van der Waals surface area contributed by atoms with Crippen LogP contribution in [0.15, 0.2) is 41.3 Å². The summed E-state index contributed by atoms with van der Waals surface area (Å²) in [6.07, 6.45) is 0. The van der Waals surface area contributed by atoms with Crippen molar-refractivity contribution in [1.29, 1.82) is 0 Å². The molecular formula is C19H21FN2O4S. The molecule has 0 aromatic heterocycles. The SMILES string of the molecule is Cc1ccc(NC(=O)c2cc(S(=O)(=O)N3CCOCC3)ccc2F)cc1C. The average molecular weight is 392 g/mol. The minimum atomic E-state index is -3.81. The number of nitrogens with zero attached hydrogens (tertiary/aromatic N) is 1. The van der Waals surface area contributed by atoms with Gasteiger partial charge < -0.3 is 10.1 Å². The van der Waals surface area contributed by atoms with E-state index in [0.29, 0.717) is 18.9 Å². The Kier molecular flexibility index (Phi) is 5.59. The van der Waals surface area contributed by atoms with Crippen molar-refractivity contribution >= 4 is 21.6 Å². The topological polar surface area (TPSA) is 75.7 Å². The molecule has 1 aliphatic heterocycles. The second-order valence-corrected chi connectivity index (χ2v) is 8.35. The number of halogens is 1. The van der Waals surface area contributed by atoms with Crippen LogP contribution in [-0.2, 0) is 14.8 Å². The predicted octanol–water partition coefficient (Wildman–Crippen LogP) is 2.72. The van der Waals surface area contributed by atoms with Gasteiger partial charge >= 0.3 is 0 Å². The number of hydrogen-bond donors (Lipinski definition) is 1. The molecule has 27 heavy (non-hydrogen) atoms. The molecule has 1 N–H and O–H groups in total. The zero-order valence-corrected chi connectivity index (χ0v) is 16.0. The highest BCUT2D eigenvalue weighted by Gasteiger charge is 2.28. The molecule has 144 valence electrons. The maximum Gasteiger partial charge on any atom is 0.258 e. The smallest absolute Gasteiger partial charge is 0.258 e. The number of rotatable bonds is 4. The Morgan fingerprint density at radius 3 is 2.44 bits per heavy atom. The lowest BCUT2D eigenvalue weighted by Gasteiger charge is -2.26. The minimum Gasteiger partial charge on any atom is -0.379 e. The monoisotopic (exact) mass is 392 g/mol. The molecule has 0 saturated carbocycles. The summed E-state index contributed by atoms with van der Waals surface area (Å²) in [7, 11) is -3.81. The molecule has 1 heterocycles. The Balaban J connectivity index is 1.88. The fraction of sp³-hybridized carbons (Fsp3) is 0.316. The summed E-state index contributed by atoms with van der Waals surface area (Å²) < 4.78 is 46.1. The third kappa shape index (κ3) is 4.18. The van der Waals surface area contributed by atoms with Crippen LogP contribution in [0.5, 0.6) is 0 Å². The van der Waals surface area contributed by atoms with Crippen molar-refractivity contribution in [1.82, 2.24) is 4.31 Å². The van der Waals surface area contributed by atoms with Crippen LogP contribution in [0.25, 0.3) is 0 Å². The van der Waals surface area contributed by atoms with E-state index in [1.54, 1.807) is 12.1 Å². The summed E-state index contributed by atoms with van der Waals surface area (Å²) in [6.45, 7) is 4.91. The number of morpholine rings is 1. The maximum atomic E-state index is 14.2. The third-order valence-corrected chi connectivity index (χ3v) is 6.45. The van der Waals surface area contributed by atoms with Crippen LogP contribution < -0.4 is 5.32 Å². The molecule has 0 aliphatic carbocycles. The standard InChI is InChI=1S/C19H21FN2O4S/c1-13-3-4-15(11-14(13)2)21-19(23)17-12-16(5-6-18(17)20)27(24,25)22-7-9-26-10-8-22/h3-6,11-12H,7-10H2,1-2H3,(H,21,23). The summed E-state index contributed by atoms with van der Waals surface area (Å²) in [5.74, 6) is -1.48. The average Bonchev–Trinajstić information content (AvgIpc) is 2.65. The fourth-order valence-corrected chi connectivity index (χ4v) is 4.23. The van der Waals surface area contributed by atoms with Crippen LogP contribution in [0, 0.1) is 19.7 Å². The van der Waals surface area contributed by atoms with E-state index >= 15 is 0 Å². The van der Waals surface area contributed by atoms with Crippen molar-refractivity contribution in [2.75, 3.05) is 31.6 Å². The second kappa shape index (κ2) is 7.75. The van der Waals surface area contributed by atoms with Gasteiger partial charge in [-0.05, 0) is 55.3 Å². The van der Waals surface area contributed by atoms with Crippen molar-refractivity contribution in [3.05, 3.63) is 58.9 Å². The highest BCUT2D eigenvalue weighted by atomic mass is 32.2. The van der Waals surface area contributed by atoms with E-state index in [9.17, 15) is 17.6 Å². The maximum absolute atomic E-state index is 14.2. The van der Waals surface area contributed by atoms with E-state index in [-0.39, 0.29) is 23.5 Å². The van der Waals surface area contributed by atoms with Gasteiger partial charge in [0.25, 0.3) is 5.91 Å². The van der Waals surface area contributed by atoms with Gasteiger partial charge in [-0.15, -0.1) is 0 Å². The Hall–Kier alpha value is -2.29. The lowest BCUT2D eigenvalue weighted by Crippen LogP contribution is -2.40. The van der Waals surface area contributed by atoms with Crippen molar-refractivity contribution in [3.8, 4) is 0 Å². The molecule has 8 heteroatoms. The summed E-state index contributed by atoms with van der Waals surface area (Å²) >= 11 is 0. The van der Waals surface area contributed by atoms with Gasteiger partial charge in [0.1, 0.15) is 5.82 Å². The van der Waals surface area contributed by atoms with Crippen molar-refractivity contribution in [2.24, 2.45) is 0 Å². The first kappa shape index (κ1) is 19.5. The molecular weight excluding hydrogens is 371 g/mol. The number of sulfonamides is 1. The second-order valence-electron chi connectivity index (χ2n) is 6.41. The summed E-state index contributed by atoms with van der Waals surface area (Å²) in [4.78, 5) is 12.4. The molecule has 1 aliphatic rings. The third-order valence-electron chi connectivity index (χ3n) is 4.56. The van der Waals surface area contributed by atoms with Crippen molar-refractivity contribution in [3.63, 3.8) is 0 Å². The summed E-state index contributed by atoms with van der Waals surface area (Å²) in [5.41, 5.74) is 2.25. The molecule has 2 aromatic rings. The van der Waals surface area contributed by atoms with Gasteiger partial charge in [-0.2, -0.15) is 4.31 Å². The number of aryl methyl sites for hydroxylation is 2. The van der Waals surface area contributed by atoms with E-state index in [1.807, 2.05) is 19.9 Å². The Labute approximate surface area is 158 Å². The first-order valence-corrected chi connectivity index (χ1v) is 9.99. The van der Waals surface area contributed by atoms with Crippen LogP contribution in [0.3, 0.4) is 0 Å². The van der Waals surface area contributed by atoms with Gasteiger partial charge in [0.15, 0.2) is 0 Å². The van der Waals surface area contributed by atoms with Gasteiger partial charge in [-0.25, -0.2) is 12.8 Å². The molecule has 3 rings (SSSR count). The fourth-order valence-electron chi connectivity index (χ4n) is 2.79. The van der Waals surface area contributed by atoms with Crippen molar-refractivity contribution < 1.29 is 22.3 Å². The molecule has 0 atom stereocenters. The van der Waals surface area contributed by atoms with Crippen LogP contribution in [-0.4, -0.2) is 44.9 Å². The van der Waals surface area contributed by atoms with E-state index in [1.165, 1.54) is 10.4 Å². The van der Waals surface area contributed by atoms with E-state index in [0.717, 1.165) is 23.3 Å². The molecule has 6 nitrogen and oxygen atoms in total. The van der Waals surface area contributed by atoms with E-state index in [4.69, 9.17) is 4.74 Å². The van der Waals surface area contributed by atoms with Gasteiger partial charge in [-0.1, -0.05) is 6.07 Å². The number of carbonyl (C=O) groups is 1. The molecule has 0 radical (unpaired) electrons. The largest absolute Gasteiger partial charge is 0.379 e. The number of carbonyl (C=O) groups excluding carboxylic acids is 1. The quantitative estimate of drug-likeness (QED) is 0.868. The molecule has 0 bridgehead atoms. The minimum absolute atomic E-state index is 0.115. The summed E-state index contributed by atoms with van der Waals surface area (Å²) in [6, 6.07) is 8.60. The number of benzene rings is 2. The number of nitrogens with one attached hydrogen (secondary N) is 1. The molecule has 1 saturated heterocycles. The first-order chi connectivity index (χ1) is 12.8. The Morgan fingerprint density at radius 2 is 1.78 bits per heavy atom. The van der Waals surface area contributed by atoms with Crippen molar-refractivity contribution in [2.45, 2.75) is 18.7 Å². The number of anilines is 1. The number of amides is 1. The van der Waals surface area contributed by atoms with E-state index in [2.05, 4.69) is 5.32 Å². The normalized spacial score (nSPS) is 15.5. The lowest BCUT2D eigenvalue weighted by molar-refractivity contribution is 0.0730. The molecule has 1 amide bonds. The van der Waals surface area contributed by atoms with Gasteiger partial charge in [0.2, 0.25) is 10.0 Å². The Morgan fingerprint density at radius 1 is 1.07 bits per heavy atom. The lowest BCUT2D eigenvalue weighted by atomic mass is 10.1. The molecule has 2 aromatic carbocycles. The highest BCUT2D eigenvalue weighted by Crippen LogP contribution is 2.22. The van der Waals surface area contributed by atoms with Gasteiger partial charge in [0.05, 0.1) is 23.7 Å². The molecule has 0 spiro atoms. The van der Waals surface area contributed by atoms with Gasteiger partial charge in [0, 0.05) is 18.8 Å². The van der Waals surface area contributed by atoms with E-state index < -0.39 is 21.7 Å². The van der Waals surface area contributed by atoms with Crippen LogP contribution in [0.1, 0.15) is 21.5 Å². The van der Waals surface area contributed by atoms with Crippen LogP contribution >= 0.6 is 0 Å². The first-order valence-electron chi connectivity index (χ1n) is 8.55. The summed E-state index contributed by atoms with van der Waals surface area (Å²) in [5, 5.41) is 2.62. The Bertz CT molecular complexity index is 970.